The molecule has 1 aromatic heterocycles. The topological polar surface area (TPSA) is 32.3 Å². The average molecular weight is 227 g/mol. The number of thiophene rings is 1. The SMILES string of the molecule is CCC(C)(CCO)NCc1sccc1C. The highest BCUT2D eigenvalue weighted by Gasteiger charge is 2.20. The fraction of sp³-hybridized carbons (Fsp3) is 0.667. The summed E-state index contributed by atoms with van der Waals surface area (Å²) in [6.07, 6.45) is 1.85. The van der Waals surface area contributed by atoms with Crippen LogP contribution in [0.15, 0.2) is 11.4 Å². The minimum absolute atomic E-state index is 0.0607. The number of hydrogen-bond donors (Lipinski definition) is 2. The zero-order valence-corrected chi connectivity index (χ0v) is 10.7. The Labute approximate surface area is 96.3 Å². The van der Waals surface area contributed by atoms with Gasteiger partial charge in [-0.15, -0.1) is 11.3 Å². The second-order valence-corrected chi connectivity index (χ2v) is 5.27. The number of aliphatic hydroxyl groups is 1. The second kappa shape index (κ2) is 5.64. The van der Waals surface area contributed by atoms with E-state index in [1.165, 1.54) is 10.4 Å². The van der Waals surface area contributed by atoms with Crippen LogP contribution in [-0.2, 0) is 6.54 Å². The van der Waals surface area contributed by atoms with Crippen LogP contribution in [0, 0.1) is 6.92 Å². The van der Waals surface area contributed by atoms with Gasteiger partial charge in [-0.2, -0.15) is 0 Å². The third-order valence-electron chi connectivity index (χ3n) is 3.09. The van der Waals surface area contributed by atoms with Gasteiger partial charge in [-0.3, -0.25) is 0 Å². The lowest BCUT2D eigenvalue weighted by atomic mass is 9.95. The quantitative estimate of drug-likeness (QED) is 0.783. The van der Waals surface area contributed by atoms with Crippen molar-refractivity contribution in [3.8, 4) is 0 Å². The van der Waals surface area contributed by atoms with Gasteiger partial charge in [0, 0.05) is 23.6 Å². The van der Waals surface area contributed by atoms with Crippen molar-refractivity contribution in [3.05, 3.63) is 21.9 Å². The normalized spacial score (nSPS) is 15.2. The predicted molar refractivity (Wildman–Crippen MR) is 66.3 cm³/mol. The first-order valence-electron chi connectivity index (χ1n) is 5.50. The molecule has 0 amide bonds. The Bertz CT molecular complexity index is 298. The maximum absolute atomic E-state index is 9.01. The van der Waals surface area contributed by atoms with Gasteiger partial charge in [0.15, 0.2) is 0 Å². The fourth-order valence-electron chi connectivity index (χ4n) is 1.52. The van der Waals surface area contributed by atoms with Gasteiger partial charge in [-0.05, 0) is 43.7 Å². The molecule has 1 heterocycles. The van der Waals surface area contributed by atoms with Crippen molar-refractivity contribution in [2.75, 3.05) is 6.61 Å². The summed E-state index contributed by atoms with van der Waals surface area (Å²) in [5.41, 5.74) is 1.42. The van der Waals surface area contributed by atoms with Gasteiger partial charge in [0.05, 0.1) is 0 Å². The molecule has 15 heavy (non-hydrogen) atoms. The Morgan fingerprint density at radius 2 is 2.27 bits per heavy atom. The summed E-state index contributed by atoms with van der Waals surface area (Å²) >= 11 is 1.79. The first kappa shape index (κ1) is 12.7. The van der Waals surface area contributed by atoms with E-state index in [0.717, 1.165) is 19.4 Å². The summed E-state index contributed by atoms with van der Waals surface area (Å²) in [6.45, 7) is 7.63. The molecule has 0 bridgehead atoms. The van der Waals surface area contributed by atoms with Crippen LogP contribution in [0.2, 0.25) is 0 Å². The van der Waals surface area contributed by atoms with E-state index in [9.17, 15) is 0 Å². The van der Waals surface area contributed by atoms with E-state index in [1.807, 2.05) is 0 Å². The van der Waals surface area contributed by atoms with E-state index in [4.69, 9.17) is 5.11 Å². The molecule has 1 rings (SSSR count). The predicted octanol–water partition coefficient (Wildman–Crippen LogP) is 2.70. The number of hydrogen-bond acceptors (Lipinski definition) is 3. The van der Waals surface area contributed by atoms with Crippen LogP contribution < -0.4 is 5.32 Å². The van der Waals surface area contributed by atoms with Crippen molar-refractivity contribution in [2.45, 2.75) is 45.7 Å². The van der Waals surface area contributed by atoms with Crippen LogP contribution in [0.25, 0.3) is 0 Å². The molecule has 1 aromatic rings. The Kier molecular flexibility index (Phi) is 4.77. The Morgan fingerprint density at radius 1 is 1.53 bits per heavy atom. The lowest BCUT2D eigenvalue weighted by molar-refractivity contribution is 0.215. The van der Waals surface area contributed by atoms with Crippen molar-refractivity contribution in [1.29, 1.82) is 0 Å². The molecule has 1 unspecified atom stereocenters. The molecule has 1 atom stereocenters. The maximum atomic E-state index is 9.01. The Morgan fingerprint density at radius 3 is 2.73 bits per heavy atom. The molecule has 86 valence electrons. The number of rotatable bonds is 6. The summed E-state index contributed by atoms with van der Waals surface area (Å²) in [6, 6.07) is 2.15. The molecule has 0 aliphatic rings. The number of nitrogens with one attached hydrogen (secondary N) is 1. The van der Waals surface area contributed by atoms with Crippen LogP contribution >= 0.6 is 11.3 Å². The molecule has 0 saturated heterocycles. The standard InChI is InChI=1S/C12H21NOS/c1-4-12(3,6-7-14)13-9-11-10(2)5-8-15-11/h5,8,13-14H,4,6-7,9H2,1-3H3. The van der Waals surface area contributed by atoms with E-state index < -0.39 is 0 Å². The zero-order chi connectivity index (χ0) is 11.3. The van der Waals surface area contributed by atoms with Gasteiger partial charge in [0.25, 0.3) is 0 Å². The molecule has 0 fully saturated rings. The minimum Gasteiger partial charge on any atom is -0.396 e. The van der Waals surface area contributed by atoms with Crippen LogP contribution in [-0.4, -0.2) is 17.3 Å². The van der Waals surface area contributed by atoms with Crippen molar-refractivity contribution in [1.82, 2.24) is 5.32 Å². The van der Waals surface area contributed by atoms with E-state index in [2.05, 4.69) is 37.5 Å². The molecule has 0 aliphatic heterocycles. The maximum Gasteiger partial charge on any atom is 0.0448 e. The fourth-order valence-corrected chi connectivity index (χ4v) is 2.36. The van der Waals surface area contributed by atoms with Crippen LogP contribution in [0.1, 0.15) is 37.1 Å². The minimum atomic E-state index is 0.0607. The molecule has 3 heteroatoms. The van der Waals surface area contributed by atoms with Gasteiger partial charge < -0.3 is 10.4 Å². The summed E-state index contributed by atoms with van der Waals surface area (Å²) in [7, 11) is 0. The van der Waals surface area contributed by atoms with Gasteiger partial charge in [0.2, 0.25) is 0 Å². The van der Waals surface area contributed by atoms with Gasteiger partial charge in [-0.25, -0.2) is 0 Å². The molecule has 0 radical (unpaired) electrons. The lowest BCUT2D eigenvalue weighted by Gasteiger charge is -2.29. The average Bonchev–Trinajstić information content (AvgIpc) is 2.62. The monoisotopic (exact) mass is 227 g/mol. The van der Waals surface area contributed by atoms with Gasteiger partial charge in [-0.1, -0.05) is 6.92 Å². The van der Waals surface area contributed by atoms with E-state index >= 15 is 0 Å². The first-order valence-corrected chi connectivity index (χ1v) is 6.38. The van der Waals surface area contributed by atoms with Crippen LogP contribution in [0.3, 0.4) is 0 Å². The molecule has 0 aliphatic carbocycles. The van der Waals surface area contributed by atoms with Gasteiger partial charge >= 0.3 is 0 Å². The molecule has 2 nitrogen and oxygen atoms in total. The summed E-state index contributed by atoms with van der Waals surface area (Å²) in [4.78, 5) is 1.40. The van der Waals surface area contributed by atoms with E-state index in [1.54, 1.807) is 11.3 Å². The highest BCUT2D eigenvalue weighted by atomic mass is 32.1. The van der Waals surface area contributed by atoms with Crippen LogP contribution in [0.5, 0.6) is 0 Å². The Hall–Kier alpha value is -0.380. The third-order valence-corrected chi connectivity index (χ3v) is 4.11. The summed E-state index contributed by atoms with van der Waals surface area (Å²) in [5, 5.41) is 14.7. The molecular formula is C12H21NOS. The Balaban J connectivity index is 2.51. The van der Waals surface area contributed by atoms with Crippen molar-refractivity contribution < 1.29 is 5.11 Å². The molecule has 0 saturated carbocycles. The van der Waals surface area contributed by atoms with Crippen molar-refractivity contribution in [3.63, 3.8) is 0 Å². The summed E-state index contributed by atoms with van der Waals surface area (Å²) < 4.78 is 0. The summed E-state index contributed by atoms with van der Waals surface area (Å²) in [5.74, 6) is 0. The highest BCUT2D eigenvalue weighted by Crippen LogP contribution is 2.19. The third kappa shape index (κ3) is 3.59. The zero-order valence-electron chi connectivity index (χ0n) is 9.84. The number of aryl methyl sites for hydroxylation is 1. The molecule has 0 aromatic carbocycles. The smallest absolute Gasteiger partial charge is 0.0448 e. The first-order chi connectivity index (χ1) is 7.11. The van der Waals surface area contributed by atoms with E-state index in [0.29, 0.717) is 0 Å². The van der Waals surface area contributed by atoms with Gasteiger partial charge in [0.1, 0.15) is 0 Å². The molecule has 2 N–H and O–H groups in total. The second-order valence-electron chi connectivity index (χ2n) is 4.27. The van der Waals surface area contributed by atoms with Crippen molar-refractivity contribution in [2.24, 2.45) is 0 Å². The van der Waals surface area contributed by atoms with E-state index in [-0.39, 0.29) is 12.1 Å². The molecule has 0 spiro atoms. The van der Waals surface area contributed by atoms with Crippen LogP contribution in [0.4, 0.5) is 0 Å². The number of aliphatic hydroxyl groups excluding tert-OH is 1. The largest absolute Gasteiger partial charge is 0.396 e. The molecular weight excluding hydrogens is 206 g/mol. The highest BCUT2D eigenvalue weighted by molar-refractivity contribution is 7.10. The van der Waals surface area contributed by atoms with Crippen molar-refractivity contribution >= 4 is 11.3 Å². The lowest BCUT2D eigenvalue weighted by Crippen LogP contribution is -2.41.